The average molecular weight is 282 g/mol. The Labute approximate surface area is 120 Å². The fourth-order valence-electron chi connectivity index (χ4n) is 3.43. The van der Waals surface area contributed by atoms with Gasteiger partial charge in [0.25, 0.3) is 0 Å². The molecule has 0 aromatic carbocycles. The molecule has 0 radical (unpaired) electrons. The maximum absolute atomic E-state index is 11.8. The maximum Gasteiger partial charge on any atom is 0.317 e. The molecule has 1 saturated heterocycles. The quantitative estimate of drug-likeness (QED) is 0.813. The van der Waals surface area contributed by atoms with Crippen LogP contribution in [0.5, 0.6) is 0 Å². The van der Waals surface area contributed by atoms with E-state index in [0.717, 1.165) is 24.8 Å². The molecule has 1 aliphatic heterocycles. The van der Waals surface area contributed by atoms with E-state index in [1.54, 1.807) is 4.90 Å². The van der Waals surface area contributed by atoms with Gasteiger partial charge in [-0.3, -0.25) is 4.79 Å². The monoisotopic (exact) mass is 282 g/mol. The van der Waals surface area contributed by atoms with Gasteiger partial charge in [-0.1, -0.05) is 26.2 Å². The van der Waals surface area contributed by atoms with Crippen molar-refractivity contribution in [3.8, 4) is 0 Å². The van der Waals surface area contributed by atoms with Crippen molar-refractivity contribution in [1.29, 1.82) is 0 Å². The summed E-state index contributed by atoms with van der Waals surface area (Å²) in [5, 5.41) is 11.6. The number of carbonyl (C=O) groups is 2. The molecule has 2 N–H and O–H groups in total. The van der Waals surface area contributed by atoms with Gasteiger partial charge < -0.3 is 15.3 Å². The van der Waals surface area contributed by atoms with Gasteiger partial charge in [0.15, 0.2) is 0 Å². The molecule has 1 heterocycles. The minimum atomic E-state index is -0.776. The molecule has 1 saturated carbocycles. The van der Waals surface area contributed by atoms with Gasteiger partial charge in [0.05, 0.1) is 6.42 Å². The number of amides is 2. The van der Waals surface area contributed by atoms with Crippen molar-refractivity contribution >= 4 is 12.0 Å². The molecule has 1 aliphatic carbocycles. The van der Waals surface area contributed by atoms with Gasteiger partial charge in [-0.25, -0.2) is 4.79 Å². The Balaban J connectivity index is 1.56. The molecule has 2 atom stereocenters. The average Bonchev–Trinajstić information content (AvgIpc) is 2.33. The largest absolute Gasteiger partial charge is 0.481 e. The van der Waals surface area contributed by atoms with Crippen molar-refractivity contribution in [3.63, 3.8) is 0 Å². The normalized spacial score (nSPS) is 26.9. The summed E-state index contributed by atoms with van der Waals surface area (Å²) in [5.74, 6) is 0.950. The molecule has 2 fully saturated rings. The van der Waals surface area contributed by atoms with Gasteiger partial charge in [-0.05, 0) is 24.7 Å². The predicted octanol–water partition coefficient (Wildman–Crippen LogP) is 2.32. The molecular formula is C15H26N2O3. The molecular weight excluding hydrogens is 256 g/mol. The molecule has 0 aromatic heterocycles. The van der Waals surface area contributed by atoms with Crippen LogP contribution in [0.25, 0.3) is 0 Å². The lowest BCUT2D eigenvalue weighted by atomic mass is 9.81. The summed E-state index contributed by atoms with van der Waals surface area (Å²) in [6.07, 6.45) is 6.50. The van der Waals surface area contributed by atoms with E-state index in [1.807, 2.05) is 0 Å². The number of nitrogens with one attached hydrogen (secondary N) is 1. The number of rotatable bonds is 5. The van der Waals surface area contributed by atoms with Gasteiger partial charge in [0.1, 0.15) is 0 Å². The van der Waals surface area contributed by atoms with E-state index >= 15 is 0 Å². The zero-order valence-corrected chi connectivity index (χ0v) is 12.3. The van der Waals surface area contributed by atoms with Crippen molar-refractivity contribution in [1.82, 2.24) is 10.2 Å². The van der Waals surface area contributed by atoms with Crippen LogP contribution in [-0.4, -0.2) is 41.6 Å². The highest BCUT2D eigenvalue weighted by molar-refractivity contribution is 5.75. The third-order valence-corrected chi connectivity index (χ3v) is 4.58. The van der Waals surface area contributed by atoms with Crippen LogP contribution in [0.15, 0.2) is 0 Å². The highest BCUT2D eigenvalue weighted by Gasteiger charge is 2.31. The number of urea groups is 1. The van der Waals surface area contributed by atoms with E-state index in [4.69, 9.17) is 5.11 Å². The zero-order chi connectivity index (χ0) is 14.5. The fourth-order valence-corrected chi connectivity index (χ4v) is 3.43. The Bertz CT molecular complexity index is 353. The standard InChI is InChI=1S/C15H26N2O3/c1-11-3-2-4-12(7-11)5-6-16-15(20)17-9-13(10-17)8-14(18)19/h11-13H,2-10H2,1H3,(H,16,20)(H,18,19). The van der Waals surface area contributed by atoms with Crippen LogP contribution in [-0.2, 0) is 4.79 Å². The van der Waals surface area contributed by atoms with E-state index in [0.29, 0.717) is 13.1 Å². The molecule has 20 heavy (non-hydrogen) atoms. The highest BCUT2D eigenvalue weighted by atomic mass is 16.4. The van der Waals surface area contributed by atoms with Crippen LogP contribution in [0.2, 0.25) is 0 Å². The first-order chi connectivity index (χ1) is 9.54. The van der Waals surface area contributed by atoms with Crippen LogP contribution in [0.4, 0.5) is 4.79 Å². The summed E-state index contributed by atoms with van der Waals surface area (Å²) in [5.41, 5.74) is 0. The number of aliphatic carboxylic acids is 1. The Hall–Kier alpha value is -1.26. The lowest BCUT2D eigenvalue weighted by molar-refractivity contribution is -0.139. The number of carbonyl (C=O) groups excluding carboxylic acids is 1. The number of carboxylic acids is 1. The van der Waals surface area contributed by atoms with Crippen molar-refractivity contribution in [2.24, 2.45) is 17.8 Å². The van der Waals surface area contributed by atoms with Gasteiger partial charge in [0, 0.05) is 25.6 Å². The second-order valence-corrected chi connectivity index (χ2v) is 6.53. The summed E-state index contributed by atoms with van der Waals surface area (Å²) in [6.45, 7) is 4.22. The molecule has 2 aliphatic rings. The van der Waals surface area contributed by atoms with Crippen molar-refractivity contribution in [3.05, 3.63) is 0 Å². The van der Waals surface area contributed by atoms with Crippen LogP contribution >= 0.6 is 0 Å². The smallest absolute Gasteiger partial charge is 0.317 e. The highest BCUT2D eigenvalue weighted by Crippen LogP contribution is 2.30. The molecule has 2 rings (SSSR count). The lowest BCUT2D eigenvalue weighted by Gasteiger charge is -2.38. The molecule has 2 amide bonds. The summed E-state index contributed by atoms with van der Waals surface area (Å²) in [4.78, 5) is 24.1. The maximum atomic E-state index is 11.8. The number of hydrogen-bond acceptors (Lipinski definition) is 2. The van der Waals surface area contributed by atoms with E-state index in [-0.39, 0.29) is 18.4 Å². The first-order valence-corrected chi connectivity index (χ1v) is 7.79. The lowest BCUT2D eigenvalue weighted by Crippen LogP contribution is -2.54. The van der Waals surface area contributed by atoms with Gasteiger partial charge in [0.2, 0.25) is 0 Å². The number of nitrogens with zero attached hydrogens (tertiary/aromatic N) is 1. The Morgan fingerprint density at radius 1 is 1.25 bits per heavy atom. The summed E-state index contributed by atoms with van der Waals surface area (Å²) < 4.78 is 0. The summed E-state index contributed by atoms with van der Waals surface area (Å²) >= 11 is 0. The first-order valence-electron chi connectivity index (χ1n) is 7.79. The van der Waals surface area contributed by atoms with Gasteiger partial charge >= 0.3 is 12.0 Å². The predicted molar refractivity (Wildman–Crippen MR) is 76.5 cm³/mol. The molecule has 5 nitrogen and oxygen atoms in total. The Morgan fingerprint density at radius 2 is 2.00 bits per heavy atom. The van der Waals surface area contributed by atoms with Crippen LogP contribution in [0.3, 0.4) is 0 Å². The SMILES string of the molecule is CC1CCCC(CCNC(=O)N2CC(CC(=O)O)C2)C1. The molecule has 5 heteroatoms. The second kappa shape index (κ2) is 6.95. The zero-order valence-electron chi connectivity index (χ0n) is 12.3. The van der Waals surface area contributed by atoms with Crippen molar-refractivity contribution in [2.45, 2.75) is 45.4 Å². The van der Waals surface area contributed by atoms with Gasteiger partial charge in [-0.2, -0.15) is 0 Å². The molecule has 114 valence electrons. The van der Waals surface area contributed by atoms with Crippen LogP contribution in [0.1, 0.15) is 45.4 Å². The van der Waals surface area contributed by atoms with Crippen LogP contribution < -0.4 is 5.32 Å². The minimum Gasteiger partial charge on any atom is -0.481 e. The van der Waals surface area contributed by atoms with E-state index in [1.165, 1.54) is 25.7 Å². The Kier molecular flexibility index (Phi) is 5.26. The Morgan fingerprint density at radius 3 is 2.65 bits per heavy atom. The molecule has 0 aromatic rings. The third-order valence-electron chi connectivity index (χ3n) is 4.58. The fraction of sp³-hybridized carbons (Fsp3) is 0.867. The molecule has 0 spiro atoms. The topological polar surface area (TPSA) is 69.6 Å². The number of hydrogen-bond donors (Lipinski definition) is 2. The number of carboxylic acid groups (broad SMARTS) is 1. The van der Waals surface area contributed by atoms with Crippen molar-refractivity contribution in [2.75, 3.05) is 19.6 Å². The molecule has 0 bridgehead atoms. The number of likely N-dealkylation sites (tertiary alicyclic amines) is 1. The van der Waals surface area contributed by atoms with E-state index in [9.17, 15) is 9.59 Å². The second-order valence-electron chi connectivity index (χ2n) is 6.53. The first kappa shape index (κ1) is 15.1. The summed E-state index contributed by atoms with van der Waals surface area (Å²) in [7, 11) is 0. The van der Waals surface area contributed by atoms with Crippen LogP contribution in [0, 0.1) is 17.8 Å². The summed E-state index contributed by atoms with van der Waals surface area (Å²) in [6, 6.07) is -0.0319. The van der Waals surface area contributed by atoms with E-state index < -0.39 is 5.97 Å². The van der Waals surface area contributed by atoms with E-state index in [2.05, 4.69) is 12.2 Å². The van der Waals surface area contributed by atoms with Crippen molar-refractivity contribution < 1.29 is 14.7 Å². The third kappa shape index (κ3) is 4.39. The molecule has 2 unspecified atom stereocenters. The minimum absolute atomic E-state index is 0.0319. The van der Waals surface area contributed by atoms with Gasteiger partial charge in [-0.15, -0.1) is 0 Å².